The number of ether oxygens (including phenoxy) is 1. The van der Waals surface area contributed by atoms with E-state index in [1.54, 1.807) is 7.11 Å². The summed E-state index contributed by atoms with van der Waals surface area (Å²) >= 11 is 0. The second-order valence-electron chi connectivity index (χ2n) is 6.95. The molecule has 0 radical (unpaired) electrons. The van der Waals surface area contributed by atoms with Crippen molar-refractivity contribution in [3.05, 3.63) is 29.8 Å². The van der Waals surface area contributed by atoms with E-state index in [1.807, 2.05) is 24.3 Å². The molecule has 1 aromatic rings. The Labute approximate surface area is 122 Å². The average molecular weight is 277 g/mol. The lowest BCUT2D eigenvalue weighted by Gasteiger charge is -2.13. The zero-order valence-electron chi connectivity index (χ0n) is 13.2. The maximum atomic E-state index is 10.2. The summed E-state index contributed by atoms with van der Waals surface area (Å²) in [5.41, 5.74) is 1.67. The predicted octanol–water partition coefficient (Wildman–Crippen LogP) is 3.00. The number of hydrogen-bond acceptors (Lipinski definition) is 3. The van der Waals surface area contributed by atoms with Gasteiger partial charge in [-0.05, 0) is 41.0 Å². The minimum Gasteiger partial charge on any atom is -0.497 e. The van der Waals surface area contributed by atoms with E-state index in [0.29, 0.717) is 23.3 Å². The van der Waals surface area contributed by atoms with Gasteiger partial charge in [-0.25, -0.2) is 0 Å². The molecule has 1 aliphatic carbocycles. The van der Waals surface area contributed by atoms with E-state index in [-0.39, 0.29) is 0 Å². The Morgan fingerprint density at radius 3 is 2.45 bits per heavy atom. The van der Waals surface area contributed by atoms with Crippen molar-refractivity contribution in [3.63, 3.8) is 0 Å². The molecule has 1 unspecified atom stereocenters. The lowest BCUT2D eigenvalue weighted by atomic mass is 10.0. The molecule has 0 aromatic heterocycles. The molecule has 1 saturated carbocycles. The molecule has 0 bridgehead atoms. The van der Waals surface area contributed by atoms with Gasteiger partial charge in [-0.3, -0.25) is 0 Å². The van der Waals surface area contributed by atoms with Crippen molar-refractivity contribution in [2.45, 2.75) is 33.8 Å². The highest BCUT2D eigenvalue weighted by Crippen LogP contribution is 2.67. The van der Waals surface area contributed by atoms with Crippen LogP contribution in [0.25, 0.3) is 0 Å². The monoisotopic (exact) mass is 277 g/mol. The van der Waals surface area contributed by atoms with Crippen LogP contribution in [0, 0.1) is 16.7 Å². The normalized spacial score (nSPS) is 21.5. The fourth-order valence-corrected chi connectivity index (χ4v) is 3.17. The Balaban J connectivity index is 1.83. The van der Waals surface area contributed by atoms with Gasteiger partial charge in [0.05, 0.1) is 13.2 Å². The fourth-order valence-electron chi connectivity index (χ4n) is 3.17. The molecule has 3 heteroatoms. The van der Waals surface area contributed by atoms with Crippen molar-refractivity contribution >= 4 is 0 Å². The second kappa shape index (κ2) is 5.38. The number of benzene rings is 1. The first-order valence-electron chi connectivity index (χ1n) is 7.33. The van der Waals surface area contributed by atoms with E-state index in [1.165, 1.54) is 0 Å². The molecule has 1 aliphatic rings. The van der Waals surface area contributed by atoms with Crippen molar-refractivity contribution < 1.29 is 9.84 Å². The average Bonchev–Trinajstić information content (AvgIpc) is 2.80. The summed E-state index contributed by atoms with van der Waals surface area (Å²) in [6, 6.07) is 7.61. The smallest absolute Gasteiger partial charge is 0.119 e. The van der Waals surface area contributed by atoms with Gasteiger partial charge in [0.1, 0.15) is 5.75 Å². The van der Waals surface area contributed by atoms with Crippen LogP contribution in [0.4, 0.5) is 0 Å². The van der Waals surface area contributed by atoms with Gasteiger partial charge in [-0.15, -0.1) is 0 Å². The van der Waals surface area contributed by atoms with Crippen molar-refractivity contribution in [3.8, 4) is 5.75 Å². The van der Waals surface area contributed by atoms with Crippen molar-refractivity contribution in [1.29, 1.82) is 0 Å². The second-order valence-corrected chi connectivity index (χ2v) is 6.95. The molecule has 0 aliphatic heterocycles. The Hall–Kier alpha value is -1.06. The summed E-state index contributed by atoms with van der Waals surface area (Å²) in [6.45, 7) is 10.8. The first kappa shape index (κ1) is 15.3. The van der Waals surface area contributed by atoms with Gasteiger partial charge in [0.25, 0.3) is 0 Å². The number of aliphatic hydroxyl groups is 1. The van der Waals surface area contributed by atoms with Crippen LogP contribution < -0.4 is 10.1 Å². The Bertz CT molecular complexity index is 454. The minimum absolute atomic E-state index is 0.390. The maximum absolute atomic E-state index is 10.2. The van der Waals surface area contributed by atoms with Gasteiger partial charge in [-0.1, -0.05) is 39.8 Å². The third-order valence-corrected chi connectivity index (χ3v) is 5.48. The van der Waals surface area contributed by atoms with Crippen LogP contribution in [0.15, 0.2) is 24.3 Å². The molecule has 1 atom stereocenters. The topological polar surface area (TPSA) is 41.5 Å². The summed E-state index contributed by atoms with van der Waals surface area (Å²) in [7, 11) is 1.64. The maximum Gasteiger partial charge on any atom is 0.119 e. The van der Waals surface area contributed by atoms with Gasteiger partial charge >= 0.3 is 0 Å². The lowest BCUT2D eigenvalue weighted by Crippen LogP contribution is -2.25. The zero-order valence-corrected chi connectivity index (χ0v) is 13.2. The minimum atomic E-state index is -0.491. The molecule has 0 saturated heterocycles. The fraction of sp³-hybridized carbons (Fsp3) is 0.647. The van der Waals surface area contributed by atoms with Crippen molar-refractivity contribution in [2.75, 3.05) is 20.2 Å². The number of rotatable bonds is 6. The van der Waals surface area contributed by atoms with Gasteiger partial charge in [0.15, 0.2) is 0 Å². The molecule has 112 valence electrons. The third kappa shape index (κ3) is 2.70. The van der Waals surface area contributed by atoms with Crippen LogP contribution >= 0.6 is 0 Å². The van der Waals surface area contributed by atoms with E-state index < -0.39 is 6.10 Å². The standard InChI is InChI=1S/C17H27NO2/c1-16(2)15(17(16,3)4)11-18-10-14(19)12-7-6-8-13(9-12)20-5/h6-9,14-15,18-19H,10-11H2,1-5H3. The highest BCUT2D eigenvalue weighted by atomic mass is 16.5. The van der Waals surface area contributed by atoms with E-state index in [4.69, 9.17) is 4.74 Å². The van der Waals surface area contributed by atoms with Gasteiger partial charge in [-0.2, -0.15) is 0 Å². The largest absolute Gasteiger partial charge is 0.497 e. The summed E-state index contributed by atoms with van der Waals surface area (Å²) in [4.78, 5) is 0. The number of aliphatic hydroxyl groups excluding tert-OH is 1. The molecule has 0 amide bonds. The summed E-state index contributed by atoms with van der Waals surface area (Å²) < 4.78 is 5.18. The Morgan fingerprint density at radius 2 is 1.90 bits per heavy atom. The van der Waals surface area contributed by atoms with Gasteiger partial charge < -0.3 is 15.2 Å². The molecule has 0 spiro atoms. The summed E-state index contributed by atoms with van der Waals surface area (Å²) in [6.07, 6.45) is -0.491. The number of nitrogens with one attached hydrogen (secondary N) is 1. The zero-order chi connectivity index (χ0) is 15.0. The van der Waals surface area contributed by atoms with Crippen molar-refractivity contribution in [2.24, 2.45) is 16.7 Å². The molecule has 1 fully saturated rings. The first-order chi connectivity index (χ1) is 9.30. The molecular weight excluding hydrogens is 250 g/mol. The van der Waals surface area contributed by atoms with E-state index in [2.05, 4.69) is 33.0 Å². The van der Waals surface area contributed by atoms with Gasteiger partial charge in [0.2, 0.25) is 0 Å². The highest BCUT2D eigenvalue weighted by molar-refractivity contribution is 5.29. The Kier molecular flexibility index (Phi) is 4.12. The summed E-state index contributed by atoms with van der Waals surface area (Å²) in [5.74, 6) is 1.46. The molecule has 2 rings (SSSR count). The Morgan fingerprint density at radius 1 is 1.25 bits per heavy atom. The van der Waals surface area contributed by atoms with E-state index >= 15 is 0 Å². The summed E-state index contributed by atoms with van der Waals surface area (Å²) in [5, 5.41) is 13.6. The van der Waals surface area contributed by atoms with Crippen LogP contribution in [0.2, 0.25) is 0 Å². The third-order valence-electron chi connectivity index (χ3n) is 5.48. The highest BCUT2D eigenvalue weighted by Gasteiger charge is 2.63. The molecule has 20 heavy (non-hydrogen) atoms. The molecule has 3 nitrogen and oxygen atoms in total. The van der Waals surface area contributed by atoms with E-state index in [9.17, 15) is 5.11 Å². The van der Waals surface area contributed by atoms with Crippen LogP contribution in [-0.4, -0.2) is 25.3 Å². The van der Waals surface area contributed by atoms with Crippen molar-refractivity contribution in [1.82, 2.24) is 5.32 Å². The SMILES string of the molecule is COc1cccc(C(O)CNCC2C(C)(C)C2(C)C)c1. The van der Waals surface area contributed by atoms with Crippen LogP contribution in [0.1, 0.15) is 39.4 Å². The number of hydrogen-bond donors (Lipinski definition) is 2. The quantitative estimate of drug-likeness (QED) is 0.840. The molecule has 2 N–H and O–H groups in total. The van der Waals surface area contributed by atoms with Crippen LogP contribution in [0.3, 0.4) is 0 Å². The number of methoxy groups -OCH3 is 1. The predicted molar refractivity (Wildman–Crippen MR) is 81.9 cm³/mol. The van der Waals surface area contributed by atoms with Crippen LogP contribution in [0.5, 0.6) is 5.75 Å². The van der Waals surface area contributed by atoms with Gasteiger partial charge in [0, 0.05) is 6.54 Å². The first-order valence-corrected chi connectivity index (χ1v) is 7.33. The molecular formula is C17H27NO2. The van der Waals surface area contributed by atoms with E-state index in [0.717, 1.165) is 17.9 Å². The molecule has 0 heterocycles. The van der Waals surface area contributed by atoms with Crippen LogP contribution in [-0.2, 0) is 0 Å². The molecule has 1 aromatic carbocycles. The lowest BCUT2D eigenvalue weighted by molar-refractivity contribution is 0.173.